The number of hydrogen-bond donors (Lipinski definition) is 3. The third kappa shape index (κ3) is 12.2. The van der Waals surface area contributed by atoms with Crippen molar-refractivity contribution in [3.8, 4) is 55.6 Å². The maximum Gasteiger partial charge on any atom is 0.143 e. The zero-order valence-electron chi connectivity index (χ0n) is 57.7. The average molecular weight is 1360 g/mol. The van der Waals surface area contributed by atoms with Gasteiger partial charge in [-0.15, -0.1) is 0 Å². The minimum atomic E-state index is 0.897. The van der Waals surface area contributed by atoms with Gasteiger partial charge in [-0.2, -0.15) is 0 Å². The number of benzene rings is 18. The molecule has 0 unspecified atom stereocenters. The van der Waals surface area contributed by atoms with Crippen LogP contribution in [0.3, 0.4) is 0 Å². The van der Waals surface area contributed by atoms with Crippen LogP contribution in [0.15, 0.2) is 401 Å². The van der Waals surface area contributed by atoms with Crippen LogP contribution in [0.5, 0.6) is 0 Å². The second-order valence-corrected chi connectivity index (χ2v) is 26.9. The molecule has 0 saturated heterocycles. The van der Waals surface area contributed by atoms with Crippen LogP contribution in [0.25, 0.3) is 165 Å². The molecule has 500 valence electrons. The number of hydrogen-bond acceptors (Lipinski definition) is 6. The smallest absolute Gasteiger partial charge is 0.143 e. The molecule has 0 bridgehead atoms. The van der Waals surface area contributed by atoms with E-state index in [1.54, 1.807) is 0 Å². The molecule has 0 aliphatic carbocycles. The number of anilines is 6. The molecule has 3 heterocycles. The quantitative estimate of drug-likeness (QED) is 0.112. The molecule has 0 spiro atoms. The van der Waals surface area contributed by atoms with E-state index in [2.05, 4.69) is 337 Å². The van der Waals surface area contributed by atoms with Crippen LogP contribution in [-0.4, -0.2) is 0 Å². The molecule has 6 heteroatoms. The molecule has 3 N–H and O–H groups in total. The summed E-state index contributed by atoms with van der Waals surface area (Å²) in [5, 5.41) is 27.5. The second-order valence-electron chi connectivity index (χ2n) is 26.9. The minimum absolute atomic E-state index is 0.897. The highest BCUT2D eigenvalue weighted by molar-refractivity contribution is 6.16. The van der Waals surface area contributed by atoms with E-state index in [4.69, 9.17) is 13.3 Å². The highest BCUT2D eigenvalue weighted by atomic mass is 16.3. The van der Waals surface area contributed by atoms with Gasteiger partial charge in [-0.05, 0) is 179 Å². The van der Waals surface area contributed by atoms with Gasteiger partial charge in [0.05, 0.1) is 0 Å². The van der Waals surface area contributed by atoms with Crippen molar-refractivity contribution in [2.75, 3.05) is 16.0 Å². The van der Waals surface area contributed by atoms with Gasteiger partial charge in [-0.1, -0.05) is 291 Å². The molecule has 0 fully saturated rings. The zero-order chi connectivity index (χ0) is 70.3. The molecule has 21 aromatic rings. The number of rotatable bonds is 11. The second kappa shape index (κ2) is 27.3. The van der Waals surface area contributed by atoms with Gasteiger partial charge < -0.3 is 29.2 Å². The Kier molecular flexibility index (Phi) is 16.2. The Bertz CT molecular complexity index is 6830. The summed E-state index contributed by atoms with van der Waals surface area (Å²) in [5.41, 5.74) is 23.2. The van der Waals surface area contributed by atoms with Crippen LogP contribution in [0.2, 0.25) is 0 Å². The Morgan fingerprint density at radius 1 is 0.151 bits per heavy atom. The van der Waals surface area contributed by atoms with E-state index in [1.165, 1.54) is 65.3 Å². The lowest BCUT2D eigenvalue weighted by Gasteiger charge is -2.13. The summed E-state index contributed by atoms with van der Waals surface area (Å²) in [7, 11) is 0. The fourth-order valence-electron chi connectivity index (χ4n) is 15.1. The first kappa shape index (κ1) is 62.8. The molecule has 0 aliphatic rings. The maximum absolute atomic E-state index is 6.49. The van der Waals surface area contributed by atoms with Crippen LogP contribution < -0.4 is 16.0 Å². The van der Waals surface area contributed by atoms with E-state index < -0.39 is 0 Å². The van der Waals surface area contributed by atoms with Gasteiger partial charge in [0.2, 0.25) is 0 Å². The van der Waals surface area contributed by atoms with Gasteiger partial charge in [-0.25, -0.2) is 0 Å². The highest BCUT2D eigenvalue weighted by Crippen LogP contribution is 2.45. The lowest BCUT2D eigenvalue weighted by Crippen LogP contribution is -1.92. The number of furan rings is 3. The Morgan fingerprint density at radius 3 is 1.08 bits per heavy atom. The Balaban J connectivity index is 0.000000112. The normalized spacial score (nSPS) is 11.4. The van der Waals surface area contributed by atoms with Gasteiger partial charge in [0.1, 0.15) is 33.5 Å². The molecule has 0 saturated carbocycles. The summed E-state index contributed by atoms with van der Waals surface area (Å²) >= 11 is 0. The van der Waals surface area contributed by atoms with Crippen molar-refractivity contribution in [2.24, 2.45) is 0 Å². The monoisotopic (exact) mass is 1360 g/mol. The van der Waals surface area contributed by atoms with Crippen molar-refractivity contribution in [2.45, 2.75) is 0 Å². The first-order valence-corrected chi connectivity index (χ1v) is 35.9. The summed E-state index contributed by atoms with van der Waals surface area (Å²) in [5.74, 6) is 0. The van der Waals surface area contributed by atoms with E-state index in [9.17, 15) is 0 Å². The number of para-hydroxylation sites is 4. The Labute approximate surface area is 612 Å². The summed E-state index contributed by atoms with van der Waals surface area (Å²) < 4.78 is 19.1. The van der Waals surface area contributed by atoms with Gasteiger partial charge in [0.15, 0.2) is 0 Å². The maximum atomic E-state index is 6.49. The fourth-order valence-corrected chi connectivity index (χ4v) is 15.1. The van der Waals surface area contributed by atoms with Crippen LogP contribution in [-0.2, 0) is 0 Å². The first-order chi connectivity index (χ1) is 52.5. The lowest BCUT2D eigenvalue weighted by molar-refractivity contribution is 0.669. The van der Waals surface area contributed by atoms with E-state index >= 15 is 0 Å². The third-order valence-electron chi connectivity index (χ3n) is 20.3. The summed E-state index contributed by atoms with van der Waals surface area (Å²) in [6.45, 7) is 0. The van der Waals surface area contributed by atoms with E-state index in [0.717, 1.165) is 133 Å². The molecule has 106 heavy (non-hydrogen) atoms. The number of nitrogens with one attached hydrogen (secondary N) is 3. The Morgan fingerprint density at radius 2 is 0.500 bits per heavy atom. The van der Waals surface area contributed by atoms with Gasteiger partial charge in [-0.3, -0.25) is 0 Å². The zero-order valence-corrected chi connectivity index (χ0v) is 57.7. The predicted molar refractivity (Wildman–Crippen MR) is 448 cm³/mol. The largest absolute Gasteiger partial charge is 0.455 e. The van der Waals surface area contributed by atoms with Crippen LogP contribution in [0, 0.1) is 0 Å². The SMILES string of the molecule is c1ccc(-c2ccc(-c3cc(Nc4ccc5ccccc5c4)cc4c3oc3ccccc34)cc2)cc1.c1ccc(Nc2cc(-c3ccccc3)c3oc4ccccc4c3c2)cc1.c1ccc2c(-c3cc(Nc4ccc(-c5ccc6ccc7ccccc7c6c5)cc4)cc4c3oc3ccccc34)cccc2c1. The first-order valence-electron chi connectivity index (χ1n) is 35.9. The topological polar surface area (TPSA) is 75.5 Å². The van der Waals surface area contributed by atoms with E-state index in [0.29, 0.717) is 0 Å². The van der Waals surface area contributed by atoms with E-state index in [-0.39, 0.29) is 0 Å². The van der Waals surface area contributed by atoms with Crippen LogP contribution in [0.1, 0.15) is 0 Å². The summed E-state index contributed by atoms with van der Waals surface area (Å²) in [4.78, 5) is 0. The molecule has 0 atom stereocenters. The van der Waals surface area contributed by atoms with Crippen molar-refractivity contribution in [1.29, 1.82) is 0 Å². The third-order valence-corrected chi connectivity index (χ3v) is 20.3. The average Bonchev–Trinajstić information content (AvgIpc) is 1.62. The molecule has 0 aliphatic heterocycles. The minimum Gasteiger partial charge on any atom is -0.455 e. The van der Waals surface area contributed by atoms with Crippen LogP contribution >= 0.6 is 0 Å². The highest BCUT2D eigenvalue weighted by Gasteiger charge is 2.20. The van der Waals surface area contributed by atoms with Crippen molar-refractivity contribution in [3.05, 3.63) is 388 Å². The standard InChI is InChI=1S/C42H27NO.C34H23NO.C24H17NO/c1-3-11-34-28(8-1)10-7-14-36(34)39-25-33(26-40-37-13-5-6-15-41(37)44-42(39)40)43-32-22-20-27(21-23-32)31-19-18-30-17-16-29-9-2-4-12-35(29)38(30)24-31;1-2-8-23(9-3-1)25-14-16-26(17-15-25)31-21-29(22-32-30-12-6-7-13-33(30)36-34(31)32)35-28-19-18-24-10-4-5-11-27(24)20-28;1-3-9-17(10-4-1)21-15-19(25-18-11-5-2-6-12-18)16-22-20-13-7-8-14-23(20)26-24(21)22/h1-26,43H;1-22,35H;1-16,25H. The molecule has 3 aromatic heterocycles. The summed E-state index contributed by atoms with van der Waals surface area (Å²) in [6, 6.07) is 136. The molecule has 6 nitrogen and oxygen atoms in total. The fraction of sp³-hybridized carbons (Fsp3) is 0. The molecular weight excluding hydrogens is 1290 g/mol. The lowest BCUT2D eigenvalue weighted by atomic mass is 9.96. The molecule has 0 radical (unpaired) electrons. The van der Waals surface area contributed by atoms with Gasteiger partial charge >= 0.3 is 0 Å². The molecular formula is C100H67N3O3. The molecule has 0 amide bonds. The van der Waals surface area contributed by atoms with Crippen molar-refractivity contribution in [1.82, 2.24) is 0 Å². The van der Waals surface area contributed by atoms with Crippen LogP contribution in [0.4, 0.5) is 34.1 Å². The van der Waals surface area contributed by atoms with Gasteiger partial charge in [0.25, 0.3) is 0 Å². The van der Waals surface area contributed by atoms with Gasteiger partial charge in [0, 0.05) is 83.1 Å². The van der Waals surface area contributed by atoms with Crippen molar-refractivity contribution < 1.29 is 13.3 Å². The predicted octanol–water partition coefficient (Wildman–Crippen LogP) is 28.9. The van der Waals surface area contributed by atoms with Crippen molar-refractivity contribution >= 4 is 143 Å². The number of fused-ring (bicyclic) bond motifs is 14. The Hall–Kier alpha value is -14.2. The van der Waals surface area contributed by atoms with E-state index in [1.807, 2.05) is 66.7 Å². The van der Waals surface area contributed by atoms with Crippen molar-refractivity contribution in [3.63, 3.8) is 0 Å². The summed E-state index contributed by atoms with van der Waals surface area (Å²) in [6.07, 6.45) is 0. The molecule has 18 aromatic carbocycles. The molecule has 21 rings (SSSR count).